The van der Waals surface area contributed by atoms with E-state index in [2.05, 4.69) is 36.6 Å². The minimum atomic E-state index is -0.891. The number of hydrogen-bond donors (Lipinski definition) is 2. The lowest BCUT2D eigenvalue weighted by molar-refractivity contribution is -0.136. The van der Waals surface area contributed by atoms with Crippen LogP contribution in [-0.4, -0.2) is 18.0 Å². The zero-order valence-electron chi connectivity index (χ0n) is 14.3. The molecule has 0 radical (unpaired) electrons. The molecule has 25 heavy (non-hydrogen) atoms. The minimum Gasteiger partial charge on any atom is -0.318 e. The Labute approximate surface area is 145 Å². The predicted molar refractivity (Wildman–Crippen MR) is 95.9 cm³/mol. The van der Waals surface area contributed by atoms with Gasteiger partial charge in [0.25, 0.3) is 0 Å². The molecule has 0 aromatic heterocycles. The zero-order chi connectivity index (χ0) is 18.4. The van der Waals surface area contributed by atoms with Crippen molar-refractivity contribution in [3.05, 3.63) is 65.5 Å². The monoisotopic (exact) mass is 341 g/mol. The number of nitrogens with one attached hydrogen (secondary N) is 2. The number of halogens is 1. The van der Waals surface area contributed by atoms with Crippen LogP contribution in [0.4, 0.5) is 10.1 Å². The number of carbonyl (C=O) groups excluding carboxylic acids is 2. The molecule has 2 amide bonds. The third-order valence-electron chi connectivity index (χ3n) is 3.46. The van der Waals surface area contributed by atoms with Gasteiger partial charge in [0.2, 0.25) is 0 Å². The molecule has 5 nitrogen and oxygen atoms in total. The number of hydrogen-bond acceptors (Lipinski definition) is 3. The van der Waals surface area contributed by atoms with Gasteiger partial charge < -0.3 is 5.32 Å². The summed E-state index contributed by atoms with van der Waals surface area (Å²) in [6.45, 7) is 6.27. The number of amides is 2. The lowest BCUT2D eigenvalue weighted by Crippen LogP contribution is -2.32. The maximum Gasteiger partial charge on any atom is 0.329 e. The summed E-state index contributed by atoms with van der Waals surface area (Å²) in [7, 11) is 0. The fourth-order valence-corrected chi connectivity index (χ4v) is 2.01. The predicted octanol–water partition coefficient (Wildman–Crippen LogP) is 3.21. The summed E-state index contributed by atoms with van der Waals surface area (Å²) in [6, 6.07) is 12.8. The highest BCUT2D eigenvalue weighted by Gasteiger charge is 2.15. The summed E-state index contributed by atoms with van der Waals surface area (Å²) in [4.78, 5) is 23.6. The van der Waals surface area contributed by atoms with Gasteiger partial charge in [-0.25, -0.2) is 9.82 Å². The zero-order valence-corrected chi connectivity index (χ0v) is 14.3. The van der Waals surface area contributed by atoms with E-state index in [-0.39, 0.29) is 11.2 Å². The molecule has 2 rings (SSSR count). The van der Waals surface area contributed by atoms with Gasteiger partial charge in [0.1, 0.15) is 5.82 Å². The molecule has 2 N–H and O–H groups in total. The van der Waals surface area contributed by atoms with Crippen molar-refractivity contribution in [3.8, 4) is 0 Å². The Bertz CT molecular complexity index is 776. The van der Waals surface area contributed by atoms with Crippen LogP contribution in [0, 0.1) is 5.82 Å². The van der Waals surface area contributed by atoms with E-state index in [4.69, 9.17) is 0 Å². The van der Waals surface area contributed by atoms with Crippen molar-refractivity contribution in [3.63, 3.8) is 0 Å². The van der Waals surface area contributed by atoms with Crippen molar-refractivity contribution >= 4 is 23.7 Å². The van der Waals surface area contributed by atoms with Crippen molar-refractivity contribution in [2.75, 3.05) is 5.32 Å². The van der Waals surface area contributed by atoms with Gasteiger partial charge in [0, 0.05) is 5.69 Å². The number of carbonyl (C=O) groups is 2. The molecule has 2 aromatic rings. The number of nitrogens with zero attached hydrogens (tertiary/aromatic N) is 1. The molecule has 0 saturated heterocycles. The lowest BCUT2D eigenvalue weighted by atomic mass is 9.87. The SMILES string of the molecule is CC(C)(C)c1ccc(NC(=O)C(=O)N/N=C\c2ccc(F)cc2)cc1. The van der Waals surface area contributed by atoms with Crippen molar-refractivity contribution < 1.29 is 14.0 Å². The minimum absolute atomic E-state index is 0.00891. The average Bonchev–Trinajstić information content (AvgIpc) is 2.56. The summed E-state index contributed by atoms with van der Waals surface area (Å²) < 4.78 is 12.8. The van der Waals surface area contributed by atoms with Crippen LogP contribution < -0.4 is 10.7 Å². The van der Waals surface area contributed by atoms with Gasteiger partial charge in [0.05, 0.1) is 6.21 Å². The number of benzene rings is 2. The molecule has 0 bridgehead atoms. The Balaban J connectivity index is 1.89. The fourth-order valence-electron chi connectivity index (χ4n) is 2.01. The molecule has 6 heteroatoms. The second-order valence-electron chi connectivity index (χ2n) is 6.53. The van der Waals surface area contributed by atoms with E-state index in [0.717, 1.165) is 5.56 Å². The Morgan fingerprint density at radius 3 is 2.12 bits per heavy atom. The molecule has 0 aliphatic rings. The highest BCUT2D eigenvalue weighted by Crippen LogP contribution is 2.23. The van der Waals surface area contributed by atoms with Gasteiger partial charge in [0.15, 0.2) is 0 Å². The second kappa shape index (κ2) is 7.70. The molecule has 0 atom stereocenters. The third kappa shape index (κ3) is 5.53. The maximum absolute atomic E-state index is 12.8. The molecular weight excluding hydrogens is 321 g/mol. The fraction of sp³-hybridized carbons (Fsp3) is 0.211. The highest BCUT2D eigenvalue weighted by atomic mass is 19.1. The summed E-state index contributed by atoms with van der Waals surface area (Å²) >= 11 is 0. The van der Waals surface area contributed by atoms with E-state index in [0.29, 0.717) is 11.3 Å². The van der Waals surface area contributed by atoms with Crippen molar-refractivity contribution in [2.24, 2.45) is 5.10 Å². The van der Waals surface area contributed by atoms with Crippen molar-refractivity contribution in [1.29, 1.82) is 0 Å². The van der Waals surface area contributed by atoms with Crippen LogP contribution in [0.2, 0.25) is 0 Å². The maximum atomic E-state index is 12.8. The second-order valence-corrected chi connectivity index (χ2v) is 6.53. The van der Waals surface area contributed by atoms with Crippen LogP contribution in [0.25, 0.3) is 0 Å². The van der Waals surface area contributed by atoms with Crippen molar-refractivity contribution in [1.82, 2.24) is 5.43 Å². The van der Waals surface area contributed by atoms with E-state index in [9.17, 15) is 14.0 Å². The molecule has 0 saturated carbocycles. The summed E-state index contributed by atoms with van der Waals surface area (Å²) in [5.74, 6) is -2.07. The molecular formula is C19H20FN3O2. The summed E-state index contributed by atoms with van der Waals surface area (Å²) in [5, 5.41) is 6.17. The molecule has 0 unspecified atom stereocenters. The van der Waals surface area contributed by atoms with Crippen LogP contribution in [0.5, 0.6) is 0 Å². The van der Waals surface area contributed by atoms with Crippen molar-refractivity contribution in [2.45, 2.75) is 26.2 Å². The number of rotatable bonds is 3. The van der Waals surface area contributed by atoms with Crippen LogP contribution in [0.15, 0.2) is 53.6 Å². The van der Waals surface area contributed by atoms with Gasteiger partial charge in [-0.05, 0) is 40.8 Å². The first-order chi connectivity index (χ1) is 11.8. The smallest absolute Gasteiger partial charge is 0.318 e. The van der Waals surface area contributed by atoms with E-state index in [1.165, 1.54) is 30.5 Å². The van der Waals surface area contributed by atoms with Gasteiger partial charge in [-0.15, -0.1) is 0 Å². The van der Waals surface area contributed by atoms with Gasteiger partial charge in [-0.2, -0.15) is 5.10 Å². The number of hydrazone groups is 1. The third-order valence-corrected chi connectivity index (χ3v) is 3.46. The van der Waals surface area contributed by atoms with Crippen LogP contribution in [-0.2, 0) is 15.0 Å². The van der Waals surface area contributed by atoms with Gasteiger partial charge in [-0.1, -0.05) is 45.0 Å². The standard InChI is InChI=1S/C19H20FN3O2/c1-19(2,3)14-6-10-16(11-7-14)22-17(24)18(25)23-21-12-13-4-8-15(20)9-5-13/h4-12H,1-3H3,(H,22,24)(H,23,25)/b21-12-. The first kappa shape index (κ1) is 18.3. The first-order valence-corrected chi connectivity index (χ1v) is 7.76. The molecule has 0 spiro atoms. The molecule has 0 fully saturated rings. The van der Waals surface area contributed by atoms with E-state index < -0.39 is 11.8 Å². The highest BCUT2D eigenvalue weighted by molar-refractivity contribution is 6.39. The molecule has 0 aliphatic heterocycles. The van der Waals surface area contributed by atoms with Crippen LogP contribution in [0.1, 0.15) is 31.9 Å². The largest absolute Gasteiger partial charge is 0.329 e. The topological polar surface area (TPSA) is 70.6 Å². The Hall–Kier alpha value is -3.02. The molecule has 0 aliphatic carbocycles. The van der Waals surface area contributed by atoms with Gasteiger partial charge in [-0.3, -0.25) is 9.59 Å². The molecule has 130 valence electrons. The van der Waals surface area contributed by atoms with Crippen LogP contribution in [0.3, 0.4) is 0 Å². The van der Waals surface area contributed by atoms with E-state index >= 15 is 0 Å². The number of anilines is 1. The average molecular weight is 341 g/mol. The van der Waals surface area contributed by atoms with Crippen LogP contribution >= 0.6 is 0 Å². The normalized spacial score (nSPS) is 11.4. The Kier molecular flexibility index (Phi) is 5.64. The van der Waals surface area contributed by atoms with E-state index in [1.807, 2.05) is 12.1 Å². The Morgan fingerprint density at radius 2 is 1.56 bits per heavy atom. The summed E-state index contributed by atoms with van der Waals surface area (Å²) in [6.07, 6.45) is 1.32. The molecule has 2 aromatic carbocycles. The Morgan fingerprint density at radius 1 is 0.960 bits per heavy atom. The quantitative estimate of drug-likeness (QED) is 0.511. The molecule has 0 heterocycles. The van der Waals surface area contributed by atoms with E-state index in [1.54, 1.807) is 12.1 Å². The first-order valence-electron chi connectivity index (χ1n) is 7.76. The summed E-state index contributed by atoms with van der Waals surface area (Å²) in [5.41, 5.74) is 4.38. The van der Waals surface area contributed by atoms with Gasteiger partial charge >= 0.3 is 11.8 Å². The lowest BCUT2D eigenvalue weighted by Gasteiger charge is -2.19.